The van der Waals surface area contributed by atoms with Gasteiger partial charge in [-0.3, -0.25) is 0 Å². The average molecular weight is 701 g/mol. The van der Waals surface area contributed by atoms with Crippen molar-refractivity contribution in [1.29, 1.82) is 0 Å². The summed E-state index contributed by atoms with van der Waals surface area (Å²) in [6.07, 6.45) is 17.9. The fourth-order valence-corrected chi connectivity index (χ4v) is 10.7. The van der Waals surface area contributed by atoms with Gasteiger partial charge < -0.3 is 21.1 Å². The lowest BCUT2D eigenvalue weighted by Crippen LogP contribution is -2.51. The molecular weight excluding hydrogens is 625 g/mol. The zero-order valence-electron chi connectivity index (χ0n) is 32.0. The Morgan fingerprint density at radius 2 is 1.55 bits per heavy atom. The van der Waals surface area contributed by atoms with Crippen LogP contribution in [0.15, 0.2) is 11.6 Å². The van der Waals surface area contributed by atoms with Gasteiger partial charge in [0.05, 0.1) is 0 Å². The van der Waals surface area contributed by atoms with Crippen LogP contribution in [-0.4, -0.2) is 41.3 Å². The number of hydrogen-bond acceptors (Lipinski definition) is 4. The Morgan fingerprint density at radius 3 is 2.11 bits per heavy atom. The summed E-state index contributed by atoms with van der Waals surface area (Å²) < 4.78 is 6.27. The van der Waals surface area contributed by atoms with E-state index >= 15 is 0 Å². The molecule has 0 saturated heterocycles. The molecule has 0 bridgehead atoms. The van der Waals surface area contributed by atoms with Crippen molar-refractivity contribution >= 4 is 30.9 Å². The van der Waals surface area contributed by atoms with Crippen molar-refractivity contribution in [2.24, 2.45) is 63.7 Å². The van der Waals surface area contributed by atoms with Crippen LogP contribution in [-0.2, 0) is 4.74 Å². The van der Waals surface area contributed by atoms with E-state index in [-0.39, 0.29) is 53.5 Å². The number of hydrogen-bond donors (Lipinski definition) is 2. The van der Waals surface area contributed by atoms with Crippen LogP contribution >= 0.6 is 24.8 Å². The molecule has 9 atom stereocenters. The number of halogens is 2. The van der Waals surface area contributed by atoms with Gasteiger partial charge in [-0.2, -0.15) is 0 Å². The highest BCUT2D eigenvalue weighted by Crippen LogP contribution is 2.67. The van der Waals surface area contributed by atoms with Crippen molar-refractivity contribution in [2.45, 2.75) is 170 Å². The molecule has 1 amide bonds. The van der Waals surface area contributed by atoms with E-state index in [9.17, 15) is 4.79 Å². The summed E-state index contributed by atoms with van der Waals surface area (Å²) in [6, 6.07) is 0. The number of allylic oxidation sites excluding steroid dienone is 1. The molecular formula is C40H75Cl2N3O2. The van der Waals surface area contributed by atoms with Crippen LogP contribution in [0.4, 0.5) is 4.79 Å². The van der Waals surface area contributed by atoms with Crippen molar-refractivity contribution in [3.05, 3.63) is 11.6 Å². The average Bonchev–Trinajstić information content (AvgIpc) is 3.29. The summed E-state index contributed by atoms with van der Waals surface area (Å²) in [5.74, 6) is 5.88. The van der Waals surface area contributed by atoms with E-state index < -0.39 is 0 Å². The number of fused-ring (bicyclic) bond motifs is 5. The van der Waals surface area contributed by atoms with E-state index in [0.29, 0.717) is 18.5 Å². The molecule has 4 aliphatic carbocycles. The van der Waals surface area contributed by atoms with Crippen LogP contribution in [0.2, 0.25) is 0 Å². The van der Waals surface area contributed by atoms with E-state index in [1.807, 2.05) is 32.6 Å². The number of nitrogens with zero attached hydrogens (tertiary/aromatic N) is 1. The van der Waals surface area contributed by atoms with Gasteiger partial charge in [0.1, 0.15) is 6.10 Å². The predicted octanol–water partition coefficient (Wildman–Crippen LogP) is 10.6. The molecule has 3 saturated carbocycles. The Labute approximate surface area is 302 Å². The van der Waals surface area contributed by atoms with E-state index in [1.165, 1.54) is 51.4 Å². The molecule has 0 aromatic carbocycles. The third-order valence-electron chi connectivity index (χ3n) is 13.9. The van der Waals surface area contributed by atoms with Crippen molar-refractivity contribution in [3.8, 4) is 0 Å². The van der Waals surface area contributed by atoms with Gasteiger partial charge in [0.25, 0.3) is 0 Å². The summed E-state index contributed by atoms with van der Waals surface area (Å²) in [4.78, 5) is 15.3. The zero-order chi connectivity index (χ0) is 33.4. The fraction of sp³-hybridized carbons (Fsp3) is 0.925. The summed E-state index contributed by atoms with van der Waals surface area (Å²) in [5, 5.41) is 0. The van der Waals surface area contributed by atoms with Gasteiger partial charge in [0.2, 0.25) is 0 Å². The third kappa shape index (κ3) is 10.1. The molecule has 4 rings (SSSR count). The SMILES string of the molecule is CC[C@H](CC[C@@H](C)[C@H]1CC[C@H]2[C@@H]3CC=C4C[C@@H](OC(=O)N(CCC(C)(C)N)CCC(C)(C)N)CC[C@]4(C)[C@H]3CC[C@]12C)C(C)C.Cl.Cl. The van der Waals surface area contributed by atoms with Gasteiger partial charge in [-0.1, -0.05) is 66.0 Å². The molecule has 0 spiro atoms. The van der Waals surface area contributed by atoms with Crippen LogP contribution in [0.25, 0.3) is 0 Å². The van der Waals surface area contributed by atoms with E-state index in [4.69, 9.17) is 16.2 Å². The highest BCUT2D eigenvalue weighted by atomic mass is 35.5. The van der Waals surface area contributed by atoms with Crippen molar-refractivity contribution in [2.75, 3.05) is 13.1 Å². The Kier molecular flexibility index (Phi) is 15.2. The first kappa shape index (κ1) is 42.7. The number of nitrogens with two attached hydrogens (primary N) is 2. The molecule has 0 aromatic rings. The van der Waals surface area contributed by atoms with Crippen molar-refractivity contribution in [3.63, 3.8) is 0 Å². The standard InChI is InChI=1S/C40H73N3O2.2ClH/c1-11-29(27(2)3)13-12-28(4)33-16-17-34-32-15-14-30-26-31(18-20-39(30,9)35(32)19-21-40(33,34)10)45-36(44)43(24-22-37(5,6)41)25-23-38(7,8)42;;/h14,27-29,31-35H,11-13,15-26,41-42H2,1-10H3;2*1H/t28-,29-,31+,32+,33-,34+,35+,39+,40-;;/m1../s1. The topological polar surface area (TPSA) is 81.6 Å². The summed E-state index contributed by atoms with van der Waals surface area (Å²) in [5.41, 5.74) is 14.3. The minimum Gasteiger partial charge on any atom is -0.446 e. The molecule has 0 radical (unpaired) electrons. The molecule has 47 heavy (non-hydrogen) atoms. The van der Waals surface area contributed by atoms with E-state index in [2.05, 4.69) is 47.6 Å². The normalized spacial score (nSPS) is 33.3. The lowest BCUT2D eigenvalue weighted by Gasteiger charge is -2.58. The number of carbonyl (C=O) groups excluding carboxylic acids is 1. The van der Waals surface area contributed by atoms with E-state index in [0.717, 1.165) is 73.5 Å². The largest absolute Gasteiger partial charge is 0.446 e. The summed E-state index contributed by atoms with van der Waals surface area (Å²) >= 11 is 0. The van der Waals surface area contributed by atoms with Crippen LogP contribution in [0.3, 0.4) is 0 Å². The Hall–Kier alpha value is -0.490. The summed E-state index contributed by atoms with van der Waals surface area (Å²) in [6.45, 7) is 24.4. The van der Waals surface area contributed by atoms with Gasteiger partial charge in [0, 0.05) is 30.6 Å². The molecule has 0 unspecified atom stereocenters. The highest BCUT2D eigenvalue weighted by molar-refractivity contribution is 5.85. The maximum atomic E-state index is 13.5. The Balaban J connectivity index is 0.00000384. The minimum atomic E-state index is -0.327. The second-order valence-corrected chi connectivity index (χ2v) is 18.7. The zero-order valence-corrected chi connectivity index (χ0v) is 33.7. The molecule has 4 aliphatic rings. The van der Waals surface area contributed by atoms with Crippen LogP contribution < -0.4 is 11.5 Å². The molecule has 5 nitrogen and oxygen atoms in total. The highest BCUT2D eigenvalue weighted by Gasteiger charge is 2.59. The second-order valence-electron chi connectivity index (χ2n) is 18.7. The maximum Gasteiger partial charge on any atom is 0.410 e. The molecule has 3 fully saturated rings. The minimum absolute atomic E-state index is 0. The molecule has 0 aliphatic heterocycles. The quantitative estimate of drug-likeness (QED) is 0.187. The monoisotopic (exact) mass is 700 g/mol. The first-order valence-corrected chi connectivity index (χ1v) is 19.1. The van der Waals surface area contributed by atoms with Gasteiger partial charge in [-0.05, 0) is 144 Å². The van der Waals surface area contributed by atoms with Crippen molar-refractivity contribution in [1.82, 2.24) is 4.90 Å². The third-order valence-corrected chi connectivity index (χ3v) is 13.9. The lowest BCUT2D eigenvalue weighted by atomic mass is 9.47. The lowest BCUT2D eigenvalue weighted by molar-refractivity contribution is -0.0596. The summed E-state index contributed by atoms with van der Waals surface area (Å²) in [7, 11) is 0. The Morgan fingerprint density at radius 1 is 0.936 bits per heavy atom. The number of ether oxygens (including phenoxy) is 1. The molecule has 7 heteroatoms. The van der Waals surface area contributed by atoms with Crippen LogP contribution in [0.1, 0.15) is 153 Å². The molecule has 276 valence electrons. The number of rotatable bonds is 13. The van der Waals surface area contributed by atoms with Crippen LogP contribution in [0, 0.1) is 52.3 Å². The molecule has 0 heterocycles. The molecule has 0 aromatic heterocycles. The van der Waals surface area contributed by atoms with Gasteiger partial charge >= 0.3 is 6.09 Å². The van der Waals surface area contributed by atoms with Gasteiger partial charge in [-0.25, -0.2) is 4.79 Å². The smallest absolute Gasteiger partial charge is 0.410 e. The fourth-order valence-electron chi connectivity index (χ4n) is 10.7. The maximum absolute atomic E-state index is 13.5. The van der Waals surface area contributed by atoms with Gasteiger partial charge in [0.15, 0.2) is 0 Å². The van der Waals surface area contributed by atoms with Crippen LogP contribution in [0.5, 0.6) is 0 Å². The first-order valence-electron chi connectivity index (χ1n) is 19.1. The second kappa shape index (κ2) is 16.7. The predicted molar refractivity (Wildman–Crippen MR) is 204 cm³/mol. The van der Waals surface area contributed by atoms with E-state index in [1.54, 1.807) is 5.57 Å². The number of carbonyl (C=O) groups is 1. The first-order chi connectivity index (χ1) is 20.9. The molecule has 4 N–H and O–H groups in total. The van der Waals surface area contributed by atoms with Crippen molar-refractivity contribution < 1.29 is 9.53 Å². The number of amides is 1. The van der Waals surface area contributed by atoms with Gasteiger partial charge in [-0.15, -0.1) is 24.8 Å². The Bertz CT molecular complexity index is 1020.